The summed E-state index contributed by atoms with van der Waals surface area (Å²) in [6.07, 6.45) is -0.763. The Morgan fingerprint density at radius 2 is 1.50 bits per heavy atom. The first-order valence-electron chi connectivity index (χ1n) is 9.93. The van der Waals surface area contributed by atoms with E-state index < -0.39 is 18.0 Å². The number of Topliss-reactive ketones (excluding diaryl/α,β-unsaturated/α-hetero) is 1. The molecule has 3 aromatic rings. The van der Waals surface area contributed by atoms with Crippen LogP contribution in [0.3, 0.4) is 0 Å². The number of benzene rings is 3. The van der Waals surface area contributed by atoms with Gasteiger partial charge in [0.05, 0.1) is 12.8 Å². The second-order valence-corrected chi connectivity index (χ2v) is 7.81. The highest BCUT2D eigenvalue weighted by atomic mass is 16.5. The standard InChI is InChI=1S/C24H18O8/c25-13-4-1-11(2-5-13)18-9-17(28)23-20(31-18)10-19-22(24(23)30)14(8-21(29)32-19)12-3-6-15(26)16(27)7-12/h1-7,10,14,18,25-27,30H,8-9H2. The highest BCUT2D eigenvalue weighted by Gasteiger charge is 2.38. The summed E-state index contributed by atoms with van der Waals surface area (Å²) >= 11 is 0. The molecule has 5 rings (SSSR count). The number of ether oxygens (including phenoxy) is 2. The number of fused-ring (bicyclic) bond motifs is 2. The Labute approximate surface area is 181 Å². The zero-order valence-electron chi connectivity index (χ0n) is 16.6. The van der Waals surface area contributed by atoms with E-state index in [4.69, 9.17) is 9.47 Å². The molecule has 32 heavy (non-hydrogen) atoms. The fourth-order valence-electron chi connectivity index (χ4n) is 4.24. The van der Waals surface area contributed by atoms with Crippen LogP contribution in [0.5, 0.6) is 34.5 Å². The second-order valence-electron chi connectivity index (χ2n) is 7.81. The highest BCUT2D eigenvalue weighted by Crippen LogP contribution is 2.51. The van der Waals surface area contributed by atoms with Gasteiger partial charge in [0.25, 0.3) is 0 Å². The third-order valence-electron chi connectivity index (χ3n) is 5.79. The lowest BCUT2D eigenvalue weighted by Crippen LogP contribution is -2.25. The molecule has 2 atom stereocenters. The van der Waals surface area contributed by atoms with Crippen LogP contribution in [0.25, 0.3) is 0 Å². The van der Waals surface area contributed by atoms with Gasteiger partial charge >= 0.3 is 5.97 Å². The number of carbonyl (C=O) groups is 2. The van der Waals surface area contributed by atoms with Crippen molar-refractivity contribution < 1.29 is 39.5 Å². The summed E-state index contributed by atoms with van der Waals surface area (Å²) in [5.74, 6) is -2.35. The SMILES string of the molecule is O=C1CC(c2ccc(O)c(O)c2)c2c(cc3c(c2O)C(=O)CC(c2ccc(O)cc2)O3)O1. The van der Waals surface area contributed by atoms with E-state index in [0.717, 1.165) is 0 Å². The van der Waals surface area contributed by atoms with E-state index in [0.29, 0.717) is 11.1 Å². The van der Waals surface area contributed by atoms with E-state index in [1.165, 1.54) is 36.4 Å². The molecule has 0 spiro atoms. The summed E-state index contributed by atoms with van der Waals surface area (Å²) in [4.78, 5) is 25.3. The molecule has 0 aliphatic carbocycles. The lowest BCUT2D eigenvalue weighted by molar-refractivity contribution is -0.135. The van der Waals surface area contributed by atoms with E-state index >= 15 is 0 Å². The average molecular weight is 434 g/mol. The molecule has 2 aliphatic heterocycles. The third kappa shape index (κ3) is 3.17. The minimum Gasteiger partial charge on any atom is -0.508 e. The fraction of sp³-hybridized carbons (Fsp3) is 0.167. The third-order valence-corrected chi connectivity index (χ3v) is 5.79. The molecule has 0 amide bonds. The summed E-state index contributed by atoms with van der Waals surface area (Å²) in [5.41, 5.74) is 1.39. The number of esters is 1. The lowest BCUT2D eigenvalue weighted by atomic mass is 9.83. The minimum atomic E-state index is -0.689. The molecule has 0 aromatic heterocycles. The summed E-state index contributed by atoms with van der Waals surface area (Å²) in [7, 11) is 0. The monoisotopic (exact) mass is 434 g/mol. The number of rotatable bonds is 2. The Bertz CT molecular complexity index is 1260. The van der Waals surface area contributed by atoms with Crippen LogP contribution < -0.4 is 9.47 Å². The molecule has 2 unspecified atom stereocenters. The number of carbonyl (C=O) groups excluding carboxylic acids is 2. The van der Waals surface area contributed by atoms with Crippen molar-refractivity contribution in [3.05, 3.63) is 70.8 Å². The van der Waals surface area contributed by atoms with Crippen LogP contribution in [0, 0.1) is 0 Å². The van der Waals surface area contributed by atoms with Gasteiger partial charge in [-0.05, 0) is 35.4 Å². The molecule has 3 aromatic carbocycles. The molecule has 8 heteroatoms. The molecule has 4 N–H and O–H groups in total. The predicted molar refractivity (Wildman–Crippen MR) is 110 cm³/mol. The lowest BCUT2D eigenvalue weighted by Gasteiger charge is -2.31. The zero-order chi connectivity index (χ0) is 22.6. The van der Waals surface area contributed by atoms with Crippen molar-refractivity contribution in [3.63, 3.8) is 0 Å². The number of aromatic hydroxyl groups is 4. The van der Waals surface area contributed by atoms with Crippen molar-refractivity contribution in [1.82, 2.24) is 0 Å². The zero-order valence-corrected chi connectivity index (χ0v) is 16.6. The maximum Gasteiger partial charge on any atom is 0.312 e. The van der Waals surface area contributed by atoms with E-state index in [1.54, 1.807) is 12.1 Å². The summed E-state index contributed by atoms with van der Waals surface area (Å²) < 4.78 is 11.3. The Morgan fingerprint density at radius 3 is 2.22 bits per heavy atom. The van der Waals surface area contributed by atoms with Crippen molar-refractivity contribution in [2.45, 2.75) is 24.9 Å². The summed E-state index contributed by atoms with van der Waals surface area (Å²) in [6.45, 7) is 0. The van der Waals surface area contributed by atoms with Gasteiger partial charge < -0.3 is 29.9 Å². The molecule has 2 aliphatic rings. The van der Waals surface area contributed by atoms with E-state index in [9.17, 15) is 30.0 Å². The van der Waals surface area contributed by atoms with Gasteiger partial charge in [0.15, 0.2) is 17.3 Å². The van der Waals surface area contributed by atoms with Crippen LogP contribution in [0.2, 0.25) is 0 Å². The normalized spacial score (nSPS) is 19.5. The van der Waals surface area contributed by atoms with Crippen molar-refractivity contribution in [1.29, 1.82) is 0 Å². The molecule has 162 valence electrons. The van der Waals surface area contributed by atoms with Crippen LogP contribution >= 0.6 is 0 Å². The minimum absolute atomic E-state index is 0.00438. The maximum absolute atomic E-state index is 13.0. The molecular weight excluding hydrogens is 416 g/mol. The summed E-state index contributed by atoms with van der Waals surface area (Å²) in [6, 6.07) is 11.8. The van der Waals surface area contributed by atoms with Crippen LogP contribution in [-0.2, 0) is 4.79 Å². The molecule has 0 saturated heterocycles. The first kappa shape index (κ1) is 19.7. The topological polar surface area (TPSA) is 134 Å². The van der Waals surface area contributed by atoms with E-state index in [2.05, 4.69) is 0 Å². The van der Waals surface area contributed by atoms with Gasteiger partial charge in [0.2, 0.25) is 0 Å². The Morgan fingerprint density at radius 1 is 0.781 bits per heavy atom. The fourth-order valence-corrected chi connectivity index (χ4v) is 4.24. The first-order valence-corrected chi connectivity index (χ1v) is 9.93. The van der Waals surface area contributed by atoms with Crippen LogP contribution in [0.15, 0.2) is 48.5 Å². The maximum atomic E-state index is 13.0. The number of phenols is 4. The molecule has 0 saturated carbocycles. The highest BCUT2D eigenvalue weighted by molar-refractivity contribution is 6.03. The molecule has 0 bridgehead atoms. The second kappa shape index (κ2) is 7.19. The van der Waals surface area contributed by atoms with E-state index in [1.807, 2.05) is 0 Å². The van der Waals surface area contributed by atoms with Crippen LogP contribution in [0.4, 0.5) is 0 Å². The van der Waals surface area contributed by atoms with Gasteiger partial charge in [-0.2, -0.15) is 0 Å². The molecule has 8 nitrogen and oxygen atoms in total. The largest absolute Gasteiger partial charge is 0.508 e. The number of phenolic OH excluding ortho intramolecular Hbond substituents is 4. The summed E-state index contributed by atoms with van der Waals surface area (Å²) in [5, 5.41) is 40.0. The van der Waals surface area contributed by atoms with Crippen molar-refractivity contribution in [2.24, 2.45) is 0 Å². The van der Waals surface area contributed by atoms with Crippen LogP contribution in [0.1, 0.15) is 51.9 Å². The van der Waals surface area contributed by atoms with Gasteiger partial charge in [0.1, 0.15) is 34.7 Å². The number of ketones is 1. The quantitative estimate of drug-likeness (QED) is 0.273. The van der Waals surface area contributed by atoms with Gasteiger partial charge in [-0.25, -0.2) is 0 Å². The van der Waals surface area contributed by atoms with E-state index in [-0.39, 0.29) is 64.2 Å². The molecule has 0 fully saturated rings. The molecule has 2 heterocycles. The Kier molecular flexibility index (Phi) is 4.44. The molecular formula is C24H18O8. The van der Waals surface area contributed by atoms with Gasteiger partial charge in [0, 0.05) is 17.5 Å². The Balaban J connectivity index is 1.60. The van der Waals surface area contributed by atoms with Gasteiger partial charge in [-0.1, -0.05) is 18.2 Å². The van der Waals surface area contributed by atoms with Crippen LogP contribution in [-0.4, -0.2) is 32.2 Å². The number of hydrogen-bond donors (Lipinski definition) is 4. The van der Waals surface area contributed by atoms with Crippen molar-refractivity contribution in [3.8, 4) is 34.5 Å². The smallest absolute Gasteiger partial charge is 0.312 e. The number of hydrogen-bond acceptors (Lipinski definition) is 8. The predicted octanol–water partition coefficient (Wildman–Crippen LogP) is 3.66. The van der Waals surface area contributed by atoms with Gasteiger partial charge in [-0.15, -0.1) is 0 Å². The first-order chi connectivity index (χ1) is 15.3. The molecule has 0 radical (unpaired) electrons. The van der Waals surface area contributed by atoms with Gasteiger partial charge in [-0.3, -0.25) is 9.59 Å². The Hall–Kier alpha value is -4.20. The van der Waals surface area contributed by atoms with Crippen molar-refractivity contribution in [2.75, 3.05) is 0 Å². The van der Waals surface area contributed by atoms with Crippen molar-refractivity contribution >= 4 is 11.8 Å². The average Bonchev–Trinajstić information content (AvgIpc) is 2.75.